The summed E-state index contributed by atoms with van der Waals surface area (Å²) in [6, 6.07) is 12.5. The van der Waals surface area contributed by atoms with Crippen LogP contribution in [-0.2, 0) is 6.54 Å². The Labute approximate surface area is 125 Å². The number of pyridine rings is 1. The third-order valence-electron chi connectivity index (χ3n) is 3.92. The van der Waals surface area contributed by atoms with Crippen molar-refractivity contribution in [2.75, 3.05) is 13.2 Å². The standard InChI is InChI=1S/C17H21N3O/c1-13(18)17(14-6-8-19-9-7-14)20-10-11-21-16-5-3-2-4-15(16)12-20/h2-9,13,17H,10-12,18H2,1H3. The van der Waals surface area contributed by atoms with Crippen molar-refractivity contribution < 1.29 is 4.74 Å². The van der Waals surface area contributed by atoms with Crippen LogP contribution in [0, 0.1) is 0 Å². The molecule has 2 aromatic rings. The summed E-state index contributed by atoms with van der Waals surface area (Å²) in [6.45, 7) is 4.46. The highest BCUT2D eigenvalue weighted by Crippen LogP contribution is 2.29. The summed E-state index contributed by atoms with van der Waals surface area (Å²) >= 11 is 0. The molecule has 21 heavy (non-hydrogen) atoms. The van der Waals surface area contributed by atoms with Crippen LogP contribution in [0.4, 0.5) is 0 Å². The van der Waals surface area contributed by atoms with Gasteiger partial charge in [-0.25, -0.2) is 0 Å². The Kier molecular flexibility index (Phi) is 4.18. The predicted octanol–water partition coefficient (Wildman–Crippen LogP) is 2.36. The second kappa shape index (κ2) is 6.24. The maximum absolute atomic E-state index is 6.27. The summed E-state index contributed by atoms with van der Waals surface area (Å²) in [6.07, 6.45) is 3.65. The molecule has 110 valence electrons. The molecule has 0 spiro atoms. The summed E-state index contributed by atoms with van der Waals surface area (Å²) in [7, 11) is 0. The van der Waals surface area contributed by atoms with E-state index in [-0.39, 0.29) is 12.1 Å². The number of aromatic nitrogens is 1. The lowest BCUT2D eigenvalue weighted by molar-refractivity contribution is 0.152. The molecule has 1 aromatic heterocycles. The zero-order valence-electron chi connectivity index (χ0n) is 12.3. The first-order chi connectivity index (χ1) is 10.3. The number of para-hydroxylation sites is 1. The molecule has 4 nitrogen and oxygen atoms in total. The molecule has 0 saturated heterocycles. The van der Waals surface area contributed by atoms with E-state index in [0.717, 1.165) is 18.8 Å². The van der Waals surface area contributed by atoms with Gasteiger partial charge in [-0.15, -0.1) is 0 Å². The van der Waals surface area contributed by atoms with Crippen LogP contribution in [0.1, 0.15) is 24.1 Å². The largest absolute Gasteiger partial charge is 0.492 e. The Morgan fingerprint density at radius 3 is 2.71 bits per heavy atom. The van der Waals surface area contributed by atoms with E-state index in [0.29, 0.717) is 6.61 Å². The molecule has 2 unspecified atom stereocenters. The van der Waals surface area contributed by atoms with Gasteiger partial charge in [-0.3, -0.25) is 9.88 Å². The number of nitrogens with zero attached hydrogens (tertiary/aromatic N) is 2. The second-order valence-corrected chi connectivity index (χ2v) is 5.51. The third kappa shape index (κ3) is 3.06. The molecule has 2 N–H and O–H groups in total. The molecule has 0 aliphatic carbocycles. The Balaban J connectivity index is 1.90. The minimum absolute atomic E-state index is 0.0395. The highest BCUT2D eigenvalue weighted by atomic mass is 16.5. The van der Waals surface area contributed by atoms with Crippen molar-refractivity contribution in [1.82, 2.24) is 9.88 Å². The van der Waals surface area contributed by atoms with E-state index in [1.807, 2.05) is 36.7 Å². The predicted molar refractivity (Wildman–Crippen MR) is 83.0 cm³/mol. The van der Waals surface area contributed by atoms with Crippen LogP contribution in [-0.4, -0.2) is 29.1 Å². The summed E-state index contributed by atoms with van der Waals surface area (Å²) in [5, 5.41) is 0. The van der Waals surface area contributed by atoms with Gasteiger partial charge in [0.2, 0.25) is 0 Å². The SMILES string of the molecule is CC(N)C(c1ccncc1)N1CCOc2ccccc2C1. The van der Waals surface area contributed by atoms with Crippen LogP contribution in [0.15, 0.2) is 48.8 Å². The molecule has 2 atom stereocenters. The summed E-state index contributed by atoms with van der Waals surface area (Å²) in [5.74, 6) is 0.984. The minimum Gasteiger partial charge on any atom is -0.492 e. The first kappa shape index (κ1) is 14.0. The van der Waals surface area contributed by atoms with E-state index in [4.69, 9.17) is 10.5 Å². The number of rotatable bonds is 3. The van der Waals surface area contributed by atoms with E-state index in [1.54, 1.807) is 0 Å². The zero-order valence-corrected chi connectivity index (χ0v) is 12.3. The Hall–Kier alpha value is -1.91. The van der Waals surface area contributed by atoms with Crippen molar-refractivity contribution in [3.63, 3.8) is 0 Å². The lowest BCUT2D eigenvalue weighted by atomic mass is 9.99. The molecule has 0 amide bonds. The van der Waals surface area contributed by atoms with Gasteiger partial charge < -0.3 is 10.5 Å². The van der Waals surface area contributed by atoms with Gasteiger partial charge in [0, 0.05) is 37.1 Å². The molecule has 3 rings (SSSR count). The van der Waals surface area contributed by atoms with Gasteiger partial charge in [-0.2, -0.15) is 0 Å². The fourth-order valence-corrected chi connectivity index (χ4v) is 2.99. The first-order valence-corrected chi connectivity index (χ1v) is 7.36. The number of fused-ring (bicyclic) bond motifs is 1. The third-order valence-corrected chi connectivity index (χ3v) is 3.92. The van der Waals surface area contributed by atoms with E-state index >= 15 is 0 Å². The fourth-order valence-electron chi connectivity index (χ4n) is 2.99. The Morgan fingerprint density at radius 1 is 1.19 bits per heavy atom. The van der Waals surface area contributed by atoms with Gasteiger partial charge >= 0.3 is 0 Å². The molecule has 0 saturated carbocycles. The van der Waals surface area contributed by atoms with Crippen LogP contribution in [0.2, 0.25) is 0 Å². The maximum Gasteiger partial charge on any atom is 0.123 e. The number of nitrogens with two attached hydrogens (primary N) is 1. The Bertz CT molecular complexity index is 586. The number of hydrogen-bond donors (Lipinski definition) is 1. The number of ether oxygens (including phenoxy) is 1. The summed E-state index contributed by atoms with van der Waals surface area (Å²) in [4.78, 5) is 6.50. The highest BCUT2D eigenvalue weighted by molar-refractivity contribution is 5.34. The van der Waals surface area contributed by atoms with Crippen LogP contribution in [0.3, 0.4) is 0 Å². The normalized spacial score (nSPS) is 18.2. The molecule has 0 bridgehead atoms. The molecule has 2 heterocycles. The van der Waals surface area contributed by atoms with Crippen LogP contribution in [0.5, 0.6) is 5.75 Å². The van der Waals surface area contributed by atoms with E-state index in [1.165, 1.54) is 11.1 Å². The van der Waals surface area contributed by atoms with Crippen LogP contribution >= 0.6 is 0 Å². The highest BCUT2D eigenvalue weighted by Gasteiger charge is 2.26. The van der Waals surface area contributed by atoms with Gasteiger partial charge in [0.15, 0.2) is 0 Å². The minimum atomic E-state index is 0.0395. The molecule has 0 radical (unpaired) electrons. The average molecular weight is 283 g/mol. The van der Waals surface area contributed by atoms with E-state index in [9.17, 15) is 0 Å². The van der Waals surface area contributed by atoms with E-state index in [2.05, 4.69) is 28.9 Å². The number of hydrogen-bond acceptors (Lipinski definition) is 4. The fraction of sp³-hybridized carbons (Fsp3) is 0.353. The van der Waals surface area contributed by atoms with Crippen molar-refractivity contribution in [3.8, 4) is 5.75 Å². The first-order valence-electron chi connectivity index (χ1n) is 7.36. The topological polar surface area (TPSA) is 51.4 Å². The van der Waals surface area contributed by atoms with Gasteiger partial charge in [0.25, 0.3) is 0 Å². The van der Waals surface area contributed by atoms with Crippen molar-refractivity contribution in [1.29, 1.82) is 0 Å². The molecule has 1 aromatic carbocycles. The van der Waals surface area contributed by atoms with Crippen LogP contribution < -0.4 is 10.5 Å². The van der Waals surface area contributed by atoms with Gasteiger partial charge in [-0.05, 0) is 30.7 Å². The smallest absolute Gasteiger partial charge is 0.123 e. The van der Waals surface area contributed by atoms with Crippen LogP contribution in [0.25, 0.3) is 0 Å². The maximum atomic E-state index is 6.27. The van der Waals surface area contributed by atoms with Crippen molar-refractivity contribution >= 4 is 0 Å². The molecule has 0 fully saturated rings. The van der Waals surface area contributed by atoms with E-state index < -0.39 is 0 Å². The van der Waals surface area contributed by atoms with Gasteiger partial charge in [0.05, 0.1) is 6.04 Å². The lowest BCUT2D eigenvalue weighted by Gasteiger charge is -2.33. The van der Waals surface area contributed by atoms with Crippen molar-refractivity contribution in [2.24, 2.45) is 5.73 Å². The molecular weight excluding hydrogens is 262 g/mol. The van der Waals surface area contributed by atoms with Crippen molar-refractivity contribution in [2.45, 2.75) is 25.6 Å². The molecule has 1 aliphatic heterocycles. The molecule has 4 heteroatoms. The van der Waals surface area contributed by atoms with Crippen molar-refractivity contribution in [3.05, 3.63) is 59.9 Å². The Morgan fingerprint density at radius 2 is 1.95 bits per heavy atom. The molecular formula is C17H21N3O. The number of benzene rings is 1. The monoisotopic (exact) mass is 283 g/mol. The lowest BCUT2D eigenvalue weighted by Crippen LogP contribution is -2.40. The summed E-state index contributed by atoms with van der Waals surface area (Å²) < 4.78 is 5.85. The zero-order chi connectivity index (χ0) is 14.7. The molecule has 1 aliphatic rings. The summed E-state index contributed by atoms with van der Waals surface area (Å²) in [5.41, 5.74) is 8.69. The quantitative estimate of drug-likeness (QED) is 0.939. The average Bonchev–Trinajstić information content (AvgIpc) is 2.70. The van der Waals surface area contributed by atoms with Gasteiger partial charge in [-0.1, -0.05) is 18.2 Å². The van der Waals surface area contributed by atoms with Gasteiger partial charge in [0.1, 0.15) is 12.4 Å². The second-order valence-electron chi connectivity index (χ2n) is 5.51.